The molecule has 0 fully saturated rings. The molecule has 2 rings (SSSR count). The molecule has 0 aliphatic rings. The molecule has 0 atom stereocenters. The minimum absolute atomic E-state index is 0.757. The van der Waals surface area contributed by atoms with Crippen molar-refractivity contribution in [3.8, 4) is 5.69 Å². The van der Waals surface area contributed by atoms with Crippen molar-refractivity contribution >= 4 is 15.9 Å². The first kappa shape index (κ1) is 12.2. The Morgan fingerprint density at radius 3 is 3.00 bits per heavy atom. The normalized spacial score (nSPS) is 10.7. The van der Waals surface area contributed by atoms with Crippen LogP contribution in [0, 0.1) is 0 Å². The topological polar surface area (TPSA) is 55.6 Å². The summed E-state index contributed by atoms with van der Waals surface area (Å²) in [5, 5.41) is 11.3. The lowest BCUT2D eigenvalue weighted by Crippen LogP contribution is -2.16. The molecule has 0 unspecified atom stereocenters. The number of halogens is 1. The third kappa shape index (κ3) is 3.10. The van der Waals surface area contributed by atoms with Crippen molar-refractivity contribution in [1.82, 2.24) is 25.3 Å². The molecule has 1 N–H and O–H groups in total. The van der Waals surface area contributed by atoms with Gasteiger partial charge in [-0.25, -0.2) is 4.68 Å². The Balaban J connectivity index is 2.18. The van der Waals surface area contributed by atoms with E-state index in [1.807, 2.05) is 6.07 Å². The molecular weight excluding hydrogens is 282 g/mol. The highest BCUT2D eigenvalue weighted by Crippen LogP contribution is 2.14. The van der Waals surface area contributed by atoms with Crippen LogP contribution in [0.25, 0.3) is 5.69 Å². The van der Waals surface area contributed by atoms with Crippen molar-refractivity contribution in [1.29, 1.82) is 0 Å². The first-order valence-corrected chi connectivity index (χ1v) is 6.31. The van der Waals surface area contributed by atoms with E-state index in [0.29, 0.717) is 0 Å². The van der Waals surface area contributed by atoms with Gasteiger partial charge in [-0.05, 0) is 35.0 Å². The van der Waals surface area contributed by atoms with Gasteiger partial charge >= 0.3 is 0 Å². The molecule has 0 radical (unpaired) electrons. The Kier molecular flexibility index (Phi) is 4.22. The van der Waals surface area contributed by atoms with E-state index < -0.39 is 0 Å². The Morgan fingerprint density at radius 2 is 2.24 bits per heavy atom. The molecule has 17 heavy (non-hydrogen) atoms. The number of pyridine rings is 1. The van der Waals surface area contributed by atoms with Crippen LogP contribution in [0.1, 0.15) is 19.0 Å². The lowest BCUT2D eigenvalue weighted by Gasteiger charge is -2.06. The smallest absolute Gasteiger partial charge is 0.0861 e. The summed E-state index contributed by atoms with van der Waals surface area (Å²) in [6.07, 6.45) is 6.39. The maximum atomic E-state index is 4.12. The standard InChI is InChI=1S/C11H14BrN5/c1-2-3-13-7-11-8-15-16-17(11)10-4-9(12)5-14-6-10/h4-6,8,13H,2-3,7H2,1H3. The Morgan fingerprint density at radius 1 is 1.35 bits per heavy atom. The van der Waals surface area contributed by atoms with Crippen molar-refractivity contribution in [2.75, 3.05) is 6.54 Å². The van der Waals surface area contributed by atoms with Crippen molar-refractivity contribution < 1.29 is 0 Å². The zero-order valence-corrected chi connectivity index (χ0v) is 11.2. The Labute approximate surface area is 108 Å². The fourth-order valence-electron chi connectivity index (χ4n) is 1.50. The number of hydrogen-bond acceptors (Lipinski definition) is 4. The van der Waals surface area contributed by atoms with Crippen LogP contribution in [-0.4, -0.2) is 26.5 Å². The van der Waals surface area contributed by atoms with E-state index in [-0.39, 0.29) is 0 Å². The van der Waals surface area contributed by atoms with Crippen LogP contribution in [0.2, 0.25) is 0 Å². The second kappa shape index (κ2) is 5.88. The van der Waals surface area contributed by atoms with Crippen LogP contribution in [0.4, 0.5) is 0 Å². The summed E-state index contributed by atoms with van der Waals surface area (Å²) >= 11 is 3.40. The predicted molar refractivity (Wildman–Crippen MR) is 68.9 cm³/mol. The van der Waals surface area contributed by atoms with Crippen molar-refractivity contribution in [2.24, 2.45) is 0 Å². The maximum Gasteiger partial charge on any atom is 0.0861 e. The van der Waals surface area contributed by atoms with Crippen LogP contribution in [0.15, 0.2) is 29.1 Å². The van der Waals surface area contributed by atoms with Gasteiger partial charge < -0.3 is 5.32 Å². The van der Waals surface area contributed by atoms with Gasteiger partial charge in [0.25, 0.3) is 0 Å². The highest BCUT2D eigenvalue weighted by Gasteiger charge is 2.06. The molecule has 0 bridgehead atoms. The van der Waals surface area contributed by atoms with Gasteiger partial charge in [-0.3, -0.25) is 4.98 Å². The molecule has 90 valence electrons. The average Bonchev–Trinajstić information content (AvgIpc) is 2.78. The zero-order valence-electron chi connectivity index (χ0n) is 9.60. The second-order valence-corrected chi connectivity index (χ2v) is 4.59. The predicted octanol–water partition coefficient (Wildman–Crippen LogP) is 1.92. The zero-order chi connectivity index (χ0) is 12.1. The molecule has 2 heterocycles. The highest BCUT2D eigenvalue weighted by molar-refractivity contribution is 9.10. The van der Waals surface area contributed by atoms with Gasteiger partial charge in [0.1, 0.15) is 0 Å². The molecular formula is C11H14BrN5. The average molecular weight is 296 g/mol. The van der Waals surface area contributed by atoms with E-state index in [9.17, 15) is 0 Å². The minimum Gasteiger partial charge on any atom is -0.311 e. The quantitative estimate of drug-likeness (QED) is 0.857. The number of rotatable bonds is 5. The van der Waals surface area contributed by atoms with Crippen molar-refractivity contribution in [3.63, 3.8) is 0 Å². The molecule has 5 nitrogen and oxygen atoms in total. The van der Waals surface area contributed by atoms with E-state index in [2.05, 4.69) is 43.5 Å². The molecule has 2 aromatic heterocycles. The summed E-state index contributed by atoms with van der Waals surface area (Å²) < 4.78 is 2.72. The molecule has 0 saturated heterocycles. The minimum atomic E-state index is 0.757. The molecule has 6 heteroatoms. The number of hydrogen-bond donors (Lipinski definition) is 1. The van der Waals surface area contributed by atoms with Crippen LogP contribution in [0.3, 0.4) is 0 Å². The summed E-state index contributed by atoms with van der Waals surface area (Å²) in [5.41, 5.74) is 1.93. The van der Waals surface area contributed by atoms with Gasteiger partial charge in [0.2, 0.25) is 0 Å². The third-order valence-electron chi connectivity index (χ3n) is 2.29. The van der Waals surface area contributed by atoms with Crippen molar-refractivity contribution in [2.45, 2.75) is 19.9 Å². The second-order valence-electron chi connectivity index (χ2n) is 3.68. The Hall–Kier alpha value is -1.27. The van der Waals surface area contributed by atoms with Gasteiger partial charge in [0, 0.05) is 17.2 Å². The molecule has 0 aliphatic heterocycles. The number of nitrogens with one attached hydrogen (secondary N) is 1. The van der Waals surface area contributed by atoms with Gasteiger partial charge in [0.15, 0.2) is 0 Å². The van der Waals surface area contributed by atoms with Crippen LogP contribution >= 0.6 is 15.9 Å². The molecule has 0 amide bonds. The van der Waals surface area contributed by atoms with Gasteiger partial charge in [-0.15, -0.1) is 5.10 Å². The van der Waals surface area contributed by atoms with Gasteiger partial charge in [-0.1, -0.05) is 12.1 Å². The summed E-state index contributed by atoms with van der Waals surface area (Å²) in [5.74, 6) is 0. The molecule has 0 spiro atoms. The van der Waals surface area contributed by atoms with Crippen molar-refractivity contribution in [3.05, 3.63) is 34.8 Å². The first-order chi connectivity index (χ1) is 8.31. The fraction of sp³-hybridized carbons (Fsp3) is 0.364. The van der Waals surface area contributed by atoms with E-state index in [4.69, 9.17) is 0 Å². The monoisotopic (exact) mass is 295 g/mol. The van der Waals surface area contributed by atoms with E-state index in [0.717, 1.165) is 35.4 Å². The number of nitrogens with zero attached hydrogens (tertiary/aromatic N) is 4. The van der Waals surface area contributed by atoms with Crippen LogP contribution < -0.4 is 5.32 Å². The van der Waals surface area contributed by atoms with E-state index >= 15 is 0 Å². The number of aromatic nitrogens is 4. The molecule has 0 aliphatic carbocycles. The van der Waals surface area contributed by atoms with E-state index in [1.54, 1.807) is 23.3 Å². The highest BCUT2D eigenvalue weighted by atomic mass is 79.9. The van der Waals surface area contributed by atoms with Crippen LogP contribution in [-0.2, 0) is 6.54 Å². The summed E-state index contributed by atoms with van der Waals surface area (Å²) in [7, 11) is 0. The summed E-state index contributed by atoms with van der Waals surface area (Å²) in [6, 6.07) is 1.96. The SMILES string of the molecule is CCCNCc1cnnn1-c1cncc(Br)c1. The maximum absolute atomic E-state index is 4.12. The summed E-state index contributed by atoms with van der Waals surface area (Å²) in [4.78, 5) is 4.12. The van der Waals surface area contributed by atoms with Crippen LogP contribution in [0.5, 0.6) is 0 Å². The third-order valence-corrected chi connectivity index (χ3v) is 2.72. The first-order valence-electron chi connectivity index (χ1n) is 5.52. The van der Waals surface area contributed by atoms with E-state index in [1.165, 1.54) is 0 Å². The Bertz CT molecular complexity index is 482. The summed E-state index contributed by atoms with van der Waals surface area (Å²) in [6.45, 7) is 3.88. The molecule has 0 saturated carbocycles. The lowest BCUT2D eigenvalue weighted by molar-refractivity contribution is 0.640. The van der Waals surface area contributed by atoms with Gasteiger partial charge in [0.05, 0.1) is 23.8 Å². The molecule has 0 aromatic carbocycles. The fourth-order valence-corrected chi connectivity index (χ4v) is 1.86. The largest absolute Gasteiger partial charge is 0.311 e. The lowest BCUT2D eigenvalue weighted by atomic mass is 10.3. The van der Waals surface area contributed by atoms with Gasteiger partial charge in [-0.2, -0.15) is 0 Å². The molecule has 2 aromatic rings.